The zero-order chi connectivity index (χ0) is 14.4. The molecule has 0 aliphatic heterocycles. The standard InChI is InChI=1S/C14H24BrN3O/c1-5-11(6-2)18(7-8-19)13-9-12(15)16-14(17-13)10(3)4/h9-11,19H,5-8H2,1-4H3. The molecule has 1 aromatic heterocycles. The summed E-state index contributed by atoms with van der Waals surface area (Å²) in [4.78, 5) is 11.2. The third-order valence-electron chi connectivity index (χ3n) is 3.23. The Morgan fingerprint density at radius 2 is 1.89 bits per heavy atom. The topological polar surface area (TPSA) is 49.2 Å². The number of aromatic nitrogens is 2. The van der Waals surface area contributed by atoms with Crippen LogP contribution in [-0.2, 0) is 0 Å². The molecule has 4 nitrogen and oxygen atoms in total. The predicted molar refractivity (Wildman–Crippen MR) is 82.6 cm³/mol. The third-order valence-corrected chi connectivity index (χ3v) is 3.64. The summed E-state index contributed by atoms with van der Waals surface area (Å²) < 4.78 is 0.801. The van der Waals surface area contributed by atoms with Gasteiger partial charge in [0, 0.05) is 24.6 Å². The van der Waals surface area contributed by atoms with Crippen molar-refractivity contribution in [1.82, 2.24) is 9.97 Å². The van der Waals surface area contributed by atoms with E-state index in [0.29, 0.717) is 12.6 Å². The monoisotopic (exact) mass is 329 g/mol. The summed E-state index contributed by atoms with van der Waals surface area (Å²) in [5.74, 6) is 2.01. The summed E-state index contributed by atoms with van der Waals surface area (Å²) in [7, 11) is 0. The Morgan fingerprint density at radius 3 is 2.37 bits per heavy atom. The van der Waals surface area contributed by atoms with Crippen LogP contribution in [0.4, 0.5) is 5.82 Å². The van der Waals surface area contributed by atoms with Crippen molar-refractivity contribution in [3.05, 3.63) is 16.5 Å². The summed E-state index contributed by atoms with van der Waals surface area (Å²) in [6, 6.07) is 2.33. The molecule has 0 saturated heterocycles. The van der Waals surface area contributed by atoms with E-state index in [9.17, 15) is 5.11 Å². The highest BCUT2D eigenvalue weighted by atomic mass is 79.9. The van der Waals surface area contributed by atoms with Crippen LogP contribution in [0.1, 0.15) is 52.3 Å². The quantitative estimate of drug-likeness (QED) is 0.779. The van der Waals surface area contributed by atoms with E-state index in [0.717, 1.165) is 29.1 Å². The van der Waals surface area contributed by atoms with E-state index in [1.165, 1.54) is 0 Å². The highest BCUT2D eigenvalue weighted by Gasteiger charge is 2.18. The maximum absolute atomic E-state index is 9.29. The number of halogens is 1. The number of aliphatic hydroxyl groups excluding tert-OH is 1. The van der Waals surface area contributed by atoms with Crippen LogP contribution in [0.5, 0.6) is 0 Å². The lowest BCUT2D eigenvalue weighted by Crippen LogP contribution is -2.37. The molecule has 0 unspecified atom stereocenters. The number of anilines is 1. The minimum absolute atomic E-state index is 0.134. The van der Waals surface area contributed by atoms with E-state index in [1.807, 2.05) is 6.07 Å². The summed E-state index contributed by atoms with van der Waals surface area (Å²) in [5.41, 5.74) is 0. The molecular weight excluding hydrogens is 306 g/mol. The molecule has 1 aromatic rings. The molecule has 0 bridgehead atoms. The van der Waals surface area contributed by atoms with Gasteiger partial charge in [0.2, 0.25) is 0 Å². The zero-order valence-corrected chi connectivity index (χ0v) is 13.8. The summed E-state index contributed by atoms with van der Waals surface area (Å²) in [6.07, 6.45) is 2.07. The minimum Gasteiger partial charge on any atom is -0.395 e. The number of rotatable bonds is 7. The normalized spacial score (nSPS) is 11.4. The van der Waals surface area contributed by atoms with Gasteiger partial charge in [-0.15, -0.1) is 0 Å². The van der Waals surface area contributed by atoms with Crippen molar-refractivity contribution in [3.8, 4) is 0 Å². The van der Waals surface area contributed by atoms with Crippen LogP contribution in [0.25, 0.3) is 0 Å². The molecule has 0 amide bonds. The van der Waals surface area contributed by atoms with Crippen molar-refractivity contribution in [3.63, 3.8) is 0 Å². The Bertz CT molecular complexity index is 394. The molecular formula is C14H24BrN3O. The number of hydrogen-bond donors (Lipinski definition) is 1. The fraction of sp³-hybridized carbons (Fsp3) is 0.714. The highest BCUT2D eigenvalue weighted by molar-refractivity contribution is 9.10. The van der Waals surface area contributed by atoms with Gasteiger partial charge in [-0.1, -0.05) is 27.7 Å². The summed E-state index contributed by atoms with van der Waals surface area (Å²) in [5, 5.41) is 9.29. The van der Waals surface area contributed by atoms with Gasteiger partial charge < -0.3 is 10.0 Å². The first-order valence-electron chi connectivity index (χ1n) is 6.95. The molecule has 1 heterocycles. The van der Waals surface area contributed by atoms with Crippen LogP contribution in [-0.4, -0.2) is 34.3 Å². The lowest BCUT2D eigenvalue weighted by molar-refractivity contribution is 0.295. The van der Waals surface area contributed by atoms with E-state index < -0.39 is 0 Å². The first kappa shape index (κ1) is 16.4. The number of hydrogen-bond acceptors (Lipinski definition) is 4. The Morgan fingerprint density at radius 1 is 1.26 bits per heavy atom. The molecule has 1 rings (SSSR count). The molecule has 0 fully saturated rings. The van der Waals surface area contributed by atoms with E-state index in [2.05, 4.69) is 58.5 Å². The van der Waals surface area contributed by atoms with Crippen molar-refractivity contribution in [2.45, 2.75) is 52.5 Å². The Kier molecular flexibility index (Phi) is 6.72. The summed E-state index contributed by atoms with van der Waals surface area (Å²) in [6.45, 7) is 9.23. The average molecular weight is 330 g/mol. The van der Waals surface area contributed by atoms with Gasteiger partial charge in [-0.2, -0.15) is 0 Å². The van der Waals surface area contributed by atoms with Gasteiger partial charge >= 0.3 is 0 Å². The second-order valence-electron chi connectivity index (χ2n) is 4.95. The van der Waals surface area contributed by atoms with E-state index in [4.69, 9.17) is 0 Å². The molecule has 5 heteroatoms. The van der Waals surface area contributed by atoms with Crippen molar-refractivity contribution in [1.29, 1.82) is 0 Å². The molecule has 0 aromatic carbocycles. The Balaban J connectivity index is 3.14. The maximum atomic E-state index is 9.29. The first-order chi connectivity index (χ1) is 9.03. The van der Waals surface area contributed by atoms with Crippen LogP contribution in [0.3, 0.4) is 0 Å². The van der Waals surface area contributed by atoms with Gasteiger partial charge in [0.25, 0.3) is 0 Å². The molecule has 0 saturated carbocycles. The molecule has 0 spiro atoms. The van der Waals surface area contributed by atoms with Gasteiger partial charge in [0.05, 0.1) is 6.61 Å². The molecule has 108 valence electrons. The highest BCUT2D eigenvalue weighted by Crippen LogP contribution is 2.23. The van der Waals surface area contributed by atoms with Gasteiger partial charge in [-0.25, -0.2) is 9.97 Å². The van der Waals surface area contributed by atoms with Crippen LogP contribution in [0.2, 0.25) is 0 Å². The van der Waals surface area contributed by atoms with Crippen LogP contribution in [0, 0.1) is 0 Å². The fourth-order valence-corrected chi connectivity index (χ4v) is 2.54. The first-order valence-corrected chi connectivity index (χ1v) is 7.74. The van der Waals surface area contributed by atoms with Crippen LogP contribution in [0.15, 0.2) is 10.7 Å². The second kappa shape index (κ2) is 7.80. The smallest absolute Gasteiger partial charge is 0.134 e. The van der Waals surface area contributed by atoms with Gasteiger partial charge in [-0.05, 0) is 28.8 Å². The molecule has 1 N–H and O–H groups in total. The van der Waals surface area contributed by atoms with Crippen molar-refractivity contribution in [2.24, 2.45) is 0 Å². The van der Waals surface area contributed by atoms with Gasteiger partial charge in [0.15, 0.2) is 0 Å². The zero-order valence-electron chi connectivity index (χ0n) is 12.2. The largest absolute Gasteiger partial charge is 0.395 e. The lowest BCUT2D eigenvalue weighted by atomic mass is 10.1. The third kappa shape index (κ3) is 4.42. The summed E-state index contributed by atoms with van der Waals surface area (Å²) >= 11 is 3.45. The average Bonchev–Trinajstić information content (AvgIpc) is 2.38. The molecule has 19 heavy (non-hydrogen) atoms. The Labute approximate surface area is 124 Å². The Hall–Kier alpha value is -0.680. The van der Waals surface area contributed by atoms with Crippen molar-refractivity contribution < 1.29 is 5.11 Å². The van der Waals surface area contributed by atoms with Crippen LogP contribution < -0.4 is 4.90 Å². The minimum atomic E-state index is 0.134. The van der Waals surface area contributed by atoms with Crippen molar-refractivity contribution in [2.75, 3.05) is 18.1 Å². The van der Waals surface area contributed by atoms with Crippen molar-refractivity contribution >= 4 is 21.7 Å². The molecule has 0 radical (unpaired) electrons. The predicted octanol–water partition coefficient (Wildman–Crippen LogP) is 3.35. The van der Waals surface area contributed by atoms with E-state index in [1.54, 1.807) is 0 Å². The fourth-order valence-electron chi connectivity index (χ4n) is 2.15. The van der Waals surface area contributed by atoms with Crippen LogP contribution >= 0.6 is 15.9 Å². The lowest BCUT2D eigenvalue weighted by Gasteiger charge is -2.31. The number of nitrogens with zero attached hydrogens (tertiary/aromatic N) is 3. The van der Waals surface area contributed by atoms with E-state index >= 15 is 0 Å². The number of aliphatic hydroxyl groups is 1. The second-order valence-corrected chi connectivity index (χ2v) is 5.76. The maximum Gasteiger partial charge on any atom is 0.134 e. The van der Waals surface area contributed by atoms with E-state index in [-0.39, 0.29) is 12.5 Å². The molecule has 0 aliphatic rings. The van der Waals surface area contributed by atoms with Gasteiger partial charge in [0.1, 0.15) is 16.2 Å². The molecule has 0 aliphatic carbocycles. The molecule has 0 atom stereocenters. The van der Waals surface area contributed by atoms with Gasteiger partial charge in [-0.3, -0.25) is 0 Å². The SMILES string of the molecule is CCC(CC)N(CCO)c1cc(Br)nc(C(C)C)n1.